The zero-order chi connectivity index (χ0) is 68.5. The molecular formula is C50H70N8Na4O27P3S4-3. The van der Waals surface area contributed by atoms with E-state index in [1.165, 1.54) is 36.5 Å². The average Bonchev–Trinajstić information content (AvgIpc) is 1.58. The van der Waals surface area contributed by atoms with Crippen LogP contribution in [0.3, 0.4) is 0 Å². The van der Waals surface area contributed by atoms with Gasteiger partial charge in [-0.25, -0.2) is 34.4 Å². The normalized spacial score (nSPS) is 21.4. The van der Waals surface area contributed by atoms with Crippen molar-refractivity contribution in [3.8, 4) is 0 Å². The first-order valence-electron chi connectivity index (χ1n) is 28.3. The number of anilines is 1. The number of aliphatic hydroxyl groups excluding tert-OH is 1. The van der Waals surface area contributed by atoms with E-state index in [0.29, 0.717) is 98.7 Å². The van der Waals surface area contributed by atoms with Crippen LogP contribution in [0.5, 0.6) is 0 Å². The van der Waals surface area contributed by atoms with Crippen molar-refractivity contribution >= 4 is 107 Å². The average molecular weight is 1530 g/mol. The number of nitrogens with two attached hydrogens (primary N) is 1. The first-order valence-corrected chi connectivity index (χ1v) is 38.2. The molecule has 1 saturated heterocycles. The molecule has 3 aliphatic rings. The number of benzene rings is 1. The predicted octanol–water partition coefficient (Wildman–Crippen LogP) is -12.3. The molecule has 35 nitrogen and oxygen atoms in total. The molecule has 4 unspecified atom stereocenters. The second kappa shape index (κ2) is 41.8. The first-order chi connectivity index (χ1) is 42.8. The fourth-order valence-electron chi connectivity index (χ4n) is 10.4. The van der Waals surface area contributed by atoms with Crippen molar-refractivity contribution in [3.05, 3.63) is 76.0 Å². The Morgan fingerprint density at radius 1 is 0.854 bits per heavy atom. The van der Waals surface area contributed by atoms with E-state index in [2.05, 4.69) is 38.1 Å². The third-order valence-corrected chi connectivity index (χ3v) is 21.6. The Hall–Kier alpha value is -0.510. The summed E-state index contributed by atoms with van der Waals surface area (Å²) in [6.45, 7) is 5.20. The van der Waals surface area contributed by atoms with Gasteiger partial charge < -0.3 is 73.8 Å². The smallest absolute Gasteiger partial charge is 0.790 e. The number of rotatable bonds is 40. The summed E-state index contributed by atoms with van der Waals surface area (Å²) >= 11 is 0.779. The molecule has 5 rings (SSSR count). The number of ether oxygens (including phenoxy) is 1. The molecule has 1 aromatic heterocycles. The minimum Gasteiger partial charge on any atom is -0.790 e. The van der Waals surface area contributed by atoms with Crippen LogP contribution in [0.1, 0.15) is 128 Å². The third kappa shape index (κ3) is 30.7. The largest absolute Gasteiger partial charge is 1.00 e. The minimum atomic E-state index is -6.24. The monoisotopic (exact) mass is 1530 g/mol. The van der Waals surface area contributed by atoms with Crippen LogP contribution in [0.2, 0.25) is 0 Å². The predicted molar refractivity (Wildman–Crippen MR) is 314 cm³/mol. The van der Waals surface area contributed by atoms with Gasteiger partial charge in [-0.05, 0) is 96.8 Å². The van der Waals surface area contributed by atoms with Gasteiger partial charge in [-0.3, -0.25) is 37.6 Å². The van der Waals surface area contributed by atoms with E-state index in [0.717, 1.165) is 16.6 Å². The minimum absolute atomic E-state index is 0. The van der Waals surface area contributed by atoms with Gasteiger partial charge in [-0.15, -0.1) is 0 Å². The molecule has 518 valence electrons. The maximum absolute atomic E-state index is 12.9. The molecule has 1 aromatic carbocycles. The number of unbranched alkanes of at least 4 members (excludes halogenated alkanes) is 4. The number of carbonyl (C=O) groups excluding carboxylic acids is 2. The SMILES string of the molecule is CC1=NN(CCCSOO[O-])C(=C/C=C/C2=[N+](CCCCCC(=O)NCCCCCC(=O)NC/C=C/c3cn([C@H]4C[C@@H](O)[C@@H](COP(=O)([O-])OP(=O)([O-])OP(=O)([O-])[O-])O4)c(=O)nc3N)c3ccc(S(=O)(=O)[O-])cc3C2(C)CCCS(=O)(=O)[O-])C1(C)CCCS(=O)(=O)[O-].[Na+].[Na+].[Na+].[Na+]. The van der Waals surface area contributed by atoms with E-state index >= 15 is 0 Å². The number of aliphatic hydroxyl groups is 1. The zero-order valence-corrected chi connectivity index (χ0v) is 67.8. The number of nitrogen functional groups attached to an aromatic ring is 1. The van der Waals surface area contributed by atoms with Gasteiger partial charge in [-0.2, -0.15) is 19.0 Å². The number of nitrogens with one attached hydrogen (secondary N) is 2. The summed E-state index contributed by atoms with van der Waals surface area (Å²) in [5, 5.41) is 36.2. The number of fused-ring (bicyclic) bond motifs is 1. The van der Waals surface area contributed by atoms with Crippen molar-refractivity contribution in [2.45, 2.75) is 139 Å². The van der Waals surface area contributed by atoms with Gasteiger partial charge in [0.15, 0.2) is 5.71 Å². The summed E-state index contributed by atoms with van der Waals surface area (Å²) in [6.07, 6.45) is 8.60. The number of hydrazone groups is 1. The van der Waals surface area contributed by atoms with Crippen molar-refractivity contribution in [2.24, 2.45) is 10.5 Å². The molecule has 7 atom stereocenters. The van der Waals surface area contributed by atoms with E-state index in [1.54, 1.807) is 37.1 Å². The summed E-state index contributed by atoms with van der Waals surface area (Å²) in [7, 11) is -32.6. The summed E-state index contributed by atoms with van der Waals surface area (Å²) < 4.78 is 165. The first kappa shape index (κ1) is 93.5. The summed E-state index contributed by atoms with van der Waals surface area (Å²) in [5.41, 5.74) is 5.78. The topological polar surface area (TPSA) is 551 Å². The number of hydrogen-bond donors (Lipinski definition) is 4. The third-order valence-electron chi connectivity index (χ3n) is 15.0. The second-order valence-electron chi connectivity index (χ2n) is 21.8. The second-order valence-corrected chi connectivity index (χ2v) is 31.2. The molecule has 4 heterocycles. The van der Waals surface area contributed by atoms with Gasteiger partial charge >= 0.3 is 124 Å². The number of hydrogen-bond acceptors (Lipinski definition) is 32. The summed E-state index contributed by atoms with van der Waals surface area (Å²) in [5.74, 6) is -1.77. The molecule has 2 amide bonds. The summed E-state index contributed by atoms with van der Waals surface area (Å²) in [6, 6.07) is 3.89. The number of nitrogens with zero attached hydrogens (tertiary/aromatic N) is 5. The molecule has 96 heavy (non-hydrogen) atoms. The van der Waals surface area contributed by atoms with Gasteiger partial charge in [-0.1, -0.05) is 24.6 Å². The van der Waals surface area contributed by atoms with E-state index in [1.807, 2.05) is 11.5 Å². The fraction of sp³-hybridized carbons (Fsp3) is 0.600. The molecule has 5 N–H and O–H groups in total. The van der Waals surface area contributed by atoms with Gasteiger partial charge in [0.2, 0.25) is 17.5 Å². The molecule has 0 bridgehead atoms. The Bertz CT molecular complexity index is 3700. The van der Waals surface area contributed by atoms with Crippen LogP contribution < -0.4 is 165 Å². The van der Waals surface area contributed by atoms with Crippen LogP contribution >= 0.6 is 35.5 Å². The standard InChI is InChI=1S/C50H77N8O27P3S4.4Na/c1-35-49(2,22-12-29-90(71,72)73)43(58(55-35)27-14-28-89-83-82-63)17-10-16-42-50(3,23-13-30-91(74,75)76)38-31-37(92(77,78)79)20-21-39(38)56(42)26-9-5-7-19-44(60)52-24-8-4-6-18-45(61)53-25-11-15-36-33-57(48(62)54-47(36)51)46-32-40(59)41(81-46)34-80-87(67,68)85-88(69,70)84-86(64,65)66;;;;/h10-11,15-17,20-21,31,33,40-41,46,59H,4-9,12-14,18-19,22-30,32,34H2,1-3H3,(H11-,51,52,53,54,60,61,62,63,64,65,66,67,68,69,70,71,72,73,74,75,76,77,78,79);;;;/q;4*+1/p-7/b15-11+;;;;/t40-,41-,46-,49?,50?;;;;/m1..../s1. The maximum atomic E-state index is 12.9. The van der Waals surface area contributed by atoms with Crippen molar-refractivity contribution in [1.82, 2.24) is 25.2 Å². The molecule has 2 aromatic rings. The summed E-state index contributed by atoms with van der Waals surface area (Å²) in [4.78, 5) is 85.9. The number of amides is 2. The molecule has 0 aliphatic carbocycles. The fourth-order valence-corrected chi connectivity index (χ4v) is 15.1. The number of phosphoric acid groups is 3. The molecule has 3 aliphatic heterocycles. The van der Waals surface area contributed by atoms with Crippen molar-refractivity contribution in [1.29, 1.82) is 0 Å². The Morgan fingerprint density at radius 2 is 1.47 bits per heavy atom. The number of carbonyl (C=O) groups is 2. The van der Waals surface area contributed by atoms with Crippen LogP contribution in [-0.4, -0.2) is 149 Å². The molecule has 0 spiro atoms. The number of aromatic nitrogens is 2. The van der Waals surface area contributed by atoms with Gasteiger partial charge in [0.25, 0.3) is 15.6 Å². The molecular weight excluding hydrogens is 1460 g/mol. The van der Waals surface area contributed by atoms with E-state index < -0.39 is 112 Å². The van der Waals surface area contributed by atoms with Crippen molar-refractivity contribution in [3.63, 3.8) is 0 Å². The van der Waals surface area contributed by atoms with E-state index in [-0.39, 0.29) is 193 Å². The van der Waals surface area contributed by atoms with Gasteiger partial charge in [0.05, 0.1) is 51.1 Å². The van der Waals surface area contributed by atoms with Crippen LogP contribution in [0.25, 0.3) is 6.08 Å². The van der Waals surface area contributed by atoms with E-state index in [9.17, 15) is 96.9 Å². The van der Waals surface area contributed by atoms with E-state index in [4.69, 9.17) is 15.6 Å². The zero-order valence-electron chi connectivity index (χ0n) is 53.8. The van der Waals surface area contributed by atoms with Crippen molar-refractivity contribution < 1.29 is 242 Å². The molecule has 46 heteroatoms. The molecule has 0 saturated carbocycles. The van der Waals surface area contributed by atoms with Gasteiger partial charge in [0.1, 0.15) is 34.8 Å². The Morgan fingerprint density at radius 3 is 2.07 bits per heavy atom. The van der Waals surface area contributed by atoms with Crippen LogP contribution in [0.15, 0.2) is 69.2 Å². The van der Waals surface area contributed by atoms with Crippen LogP contribution in [0, 0.1) is 5.41 Å². The van der Waals surface area contributed by atoms with Crippen LogP contribution in [0.4, 0.5) is 11.5 Å². The number of phosphoric ester groups is 1. The maximum Gasteiger partial charge on any atom is 1.00 e. The molecule has 1 fully saturated rings. The van der Waals surface area contributed by atoms with Crippen molar-refractivity contribution in [2.75, 3.05) is 55.8 Å². The van der Waals surface area contributed by atoms with Gasteiger partial charge in [0, 0.05) is 121 Å². The Balaban J connectivity index is 0.0000115. The Labute approximate surface area is 648 Å². The quantitative estimate of drug-likeness (QED) is 0.00703. The van der Waals surface area contributed by atoms with Crippen LogP contribution in [-0.2, 0) is 86.3 Å². The number of allylic oxidation sites excluding steroid dienone is 4. The molecule has 0 radical (unpaired) electrons. The Kier molecular flexibility index (Phi) is 40.8.